The zero-order valence-corrected chi connectivity index (χ0v) is 15.0. The Morgan fingerprint density at radius 3 is 3.00 bits per heavy atom. The SMILES string of the molecule is CCCc1n[nH]c(=S)n1CC(=O)NNC(=O)c1cc2c(s1)CCC2. The van der Waals surface area contributed by atoms with E-state index in [-0.39, 0.29) is 18.4 Å². The summed E-state index contributed by atoms with van der Waals surface area (Å²) in [6, 6.07) is 1.92. The third kappa shape index (κ3) is 3.57. The molecule has 0 aliphatic heterocycles. The quantitative estimate of drug-likeness (QED) is 0.557. The summed E-state index contributed by atoms with van der Waals surface area (Å²) in [6.07, 6.45) is 4.86. The van der Waals surface area contributed by atoms with E-state index in [0.717, 1.165) is 37.9 Å². The Balaban J connectivity index is 1.56. The van der Waals surface area contributed by atoms with Crippen LogP contribution in [0.2, 0.25) is 0 Å². The van der Waals surface area contributed by atoms with Crippen LogP contribution >= 0.6 is 23.6 Å². The normalized spacial score (nSPS) is 12.9. The summed E-state index contributed by atoms with van der Waals surface area (Å²) in [5.74, 6) is 0.105. The number of hydrogen-bond donors (Lipinski definition) is 3. The van der Waals surface area contributed by atoms with E-state index >= 15 is 0 Å². The molecule has 2 amide bonds. The number of nitrogens with zero attached hydrogens (tertiary/aromatic N) is 2. The summed E-state index contributed by atoms with van der Waals surface area (Å²) < 4.78 is 2.04. The second-order valence-electron chi connectivity index (χ2n) is 5.70. The lowest BCUT2D eigenvalue weighted by molar-refractivity contribution is -0.122. The summed E-state index contributed by atoms with van der Waals surface area (Å²) in [5, 5.41) is 6.80. The fraction of sp³-hybridized carbons (Fsp3) is 0.467. The number of aromatic amines is 1. The molecule has 0 unspecified atom stereocenters. The van der Waals surface area contributed by atoms with E-state index in [1.165, 1.54) is 21.8 Å². The van der Waals surface area contributed by atoms with Gasteiger partial charge in [0.2, 0.25) is 0 Å². The first-order valence-corrected chi connectivity index (χ1v) is 9.15. The standard InChI is InChI=1S/C15H19N5O2S2/c1-2-4-12-16-19-15(23)20(12)8-13(21)17-18-14(22)11-7-9-5-3-6-10(9)24-11/h7H,2-6,8H2,1H3,(H,17,21)(H,18,22)(H,19,23). The third-order valence-electron chi connectivity index (χ3n) is 3.90. The van der Waals surface area contributed by atoms with Gasteiger partial charge in [-0.2, -0.15) is 5.10 Å². The van der Waals surface area contributed by atoms with Crippen LogP contribution in [-0.2, 0) is 30.6 Å². The Morgan fingerprint density at radius 2 is 2.25 bits per heavy atom. The number of hydrazine groups is 1. The van der Waals surface area contributed by atoms with Gasteiger partial charge in [-0.3, -0.25) is 30.1 Å². The number of rotatable bonds is 5. The number of carbonyl (C=O) groups excluding carboxylic acids is 2. The van der Waals surface area contributed by atoms with Crippen LogP contribution in [0, 0.1) is 4.77 Å². The zero-order chi connectivity index (χ0) is 17.1. The van der Waals surface area contributed by atoms with Crippen LogP contribution in [0.4, 0.5) is 0 Å². The first kappa shape index (κ1) is 16.8. The van der Waals surface area contributed by atoms with Crippen molar-refractivity contribution in [3.8, 4) is 0 Å². The lowest BCUT2D eigenvalue weighted by Gasteiger charge is -2.08. The van der Waals surface area contributed by atoms with Gasteiger partial charge in [0.05, 0.1) is 4.88 Å². The van der Waals surface area contributed by atoms with E-state index < -0.39 is 0 Å². The van der Waals surface area contributed by atoms with Crippen molar-refractivity contribution in [2.45, 2.75) is 45.6 Å². The van der Waals surface area contributed by atoms with Crippen molar-refractivity contribution in [1.82, 2.24) is 25.6 Å². The highest BCUT2D eigenvalue weighted by Gasteiger charge is 2.19. The maximum atomic E-state index is 12.1. The van der Waals surface area contributed by atoms with Gasteiger partial charge in [-0.25, -0.2) is 0 Å². The molecule has 2 heterocycles. The van der Waals surface area contributed by atoms with E-state index in [9.17, 15) is 9.59 Å². The molecule has 2 aromatic rings. The predicted molar refractivity (Wildman–Crippen MR) is 93.4 cm³/mol. The molecule has 0 saturated heterocycles. The first-order valence-electron chi connectivity index (χ1n) is 7.93. The molecular weight excluding hydrogens is 346 g/mol. The maximum Gasteiger partial charge on any atom is 0.279 e. The molecule has 0 fully saturated rings. The van der Waals surface area contributed by atoms with Crippen molar-refractivity contribution >= 4 is 35.4 Å². The molecule has 1 aliphatic carbocycles. The van der Waals surface area contributed by atoms with Crippen LogP contribution in [0.5, 0.6) is 0 Å². The van der Waals surface area contributed by atoms with Crippen molar-refractivity contribution in [2.24, 2.45) is 0 Å². The molecule has 3 rings (SSSR count). The van der Waals surface area contributed by atoms with Crippen molar-refractivity contribution in [3.63, 3.8) is 0 Å². The lowest BCUT2D eigenvalue weighted by atomic mass is 10.2. The van der Waals surface area contributed by atoms with E-state index in [0.29, 0.717) is 9.65 Å². The molecule has 0 aromatic carbocycles. The smallest absolute Gasteiger partial charge is 0.279 e. The molecule has 0 saturated carbocycles. The van der Waals surface area contributed by atoms with Gasteiger partial charge in [-0.1, -0.05) is 6.92 Å². The summed E-state index contributed by atoms with van der Waals surface area (Å²) >= 11 is 6.63. The number of thiophene rings is 1. The summed E-state index contributed by atoms with van der Waals surface area (Å²) in [5.41, 5.74) is 6.16. The van der Waals surface area contributed by atoms with E-state index in [1.807, 2.05) is 13.0 Å². The average molecular weight is 365 g/mol. The molecule has 7 nitrogen and oxygen atoms in total. The molecule has 0 spiro atoms. The number of amides is 2. The minimum Gasteiger partial charge on any atom is -0.295 e. The van der Waals surface area contributed by atoms with Crippen LogP contribution in [0.25, 0.3) is 0 Å². The van der Waals surface area contributed by atoms with Crippen LogP contribution in [0.1, 0.15) is 45.7 Å². The van der Waals surface area contributed by atoms with Crippen LogP contribution < -0.4 is 10.9 Å². The summed E-state index contributed by atoms with van der Waals surface area (Å²) in [7, 11) is 0. The van der Waals surface area contributed by atoms with Gasteiger partial charge in [-0.05, 0) is 49.5 Å². The van der Waals surface area contributed by atoms with Gasteiger partial charge < -0.3 is 0 Å². The highest BCUT2D eigenvalue weighted by atomic mass is 32.1. The first-order chi connectivity index (χ1) is 11.6. The van der Waals surface area contributed by atoms with E-state index in [4.69, 9.17) is 12.2 Å². The number of aryl methyl sites for hydroxylation is 3. The van der Waals surface area contributed by atoms with Crippen molar-refractivity contribution in [2.75, 3.05) is 0 Å². The number of carbonyl (C=O) groups is 2. The number of aromatic nitrogens is 3. The molecule has 0 bridgehead atoms. The Bertz CT molecular complexity index is 799. The number of fused-ring (bicyclic) bond motifs is 1. The van der Waals surface area contributed by atoms with Crippen molar-refractivity contribution in [1.29, 1.82) is 0 Å². The summed E-state index contributed by atoms with van der Waals surface area (Å²) in [4.78, 5) is 26.1. The fourth-order valence-electron chi connectivity index (χ4n) is 2.74. The zero-order valence-electron chi connectivity index (χ0n) is 13.3. The highest BCUT2D eigenvalue weighted by Crippen LogP contribution is 2.30. The molecule has 2 aromatic heterocycles. The van der Waals surface area contributed by atoms with Gasteiger partial charge in [0.1, 0.15) is 12.4 Å². The maximum absolute atomic E-state index is 12.1. The minimum absolute atomic E-state index is 0.0197. The molecule has 24 heavy (non-hydrogen) atoms. The second-order valence-corrected chi connectivity index (χ2v) is 7.22. The molecule has 3 N–H and O–H groups in total. The van der Waals surface area contributed by atoms with Crippen LogP contribution in [0.3, 0.4) is 0 Å². The average Bonchev–Trinajstić information content (AvgIpc) is 3.23. The summed E-state index contributed by atoms with van der Waals surface area (Å²) in [6.45, 7) is 2.05. The minimum atomic E-state index is -0.345. The Morgan fingerprint density at radius 1 is 1.42 bits per heavy atom. The highest BCUT2D eigenvalue weighted by molar-refractivity contribution is 7.71. The van der Waals surface area contributed by atoms with Gasteiger partial charge >= 0.3 is 0 Å². The monoisotopic (exact) mass is 365 g/mol. The van der Waals surface area contributed by atoms with Crippen molar-refractivity contribution in [3.05, 3.63) is 32.0 Å². The molecule has 1 aliphatic rings. The number of nitrogens with one attached hydrogen (secondary N) is 3. The number of H-pyrrole nitrogens is 1. The van der Waals surface area contributed by atoms with Crippen LogP contribution in [-0.4, -0.2) is 26.6 Å². The Hall–Kier alpha value is -2.00. The molecule has 0 radical (unpaired) electrons. The molecule has 9 heteroatoms. The van der Waals surface area contributed by atoms with Gasteiger partial charge in [0.25, 0.3) is 11.8 Å². The predicted octanol–water partition coefficient (Wildman–Crippen LogP) is 1.90. The van der Waals surface area contributed by atoms with Gasteiger partial charge in [-0.15, -0.1) is 11.3 Å². The topological polar surface area (TPSA) is 91.8 Å². The van der Waals surface area contributed by atoms with E-state index in [2.05, 4.69) is 21.0 Å². The lowest BCUT2D eigenvalue weighted by Crippen LogP contribution is -2.43. The largest absolute Gasteiger partial charge is 0.295 e. The van der Waals surface area contributed by atoms with Crippen LogP contribution in [0.15, 0.2) is 6.07 Å². The van der Waals surface area contributed by atoms with Crippen molar-refractivity contribution < 1.29 is 9.59 Å². The van der Waals surface area contributed by atoms with Gasteiger partial charge in [0.15, 0.2) is 4.77 Å². The van der Waals surface area contributed by atoms with E-state index in [1.54, 1.807) is 4.57 Å². The molecule has 128 valence electrons. The fourth-order valence-corrected chi connectivity index (χ4v) is 4.10. The Kier molecular flexibility index (Phi) is 5.10. The second kappa shape index (κ2) is 7.27. The molecule has 0 atom stereocenters. The third-order valence-corrected chi connectivity index (χ3v) is 5.45. The van der Waals surface area contributed by atoms with Gasteiger partial charge in [0, 0.05) is 11.3 Å². The Labute approximate surface area is 148 Å². The molecular formula is C15H19N5O2S2. The number of hydrogen-bond acceptors (Lipinski definition) is 5.